The normalized spacial score (nSPS) is 29.0. The van der Waals surface area contributed by atoms with Crippen LogP contribution in [-0.4, -0.2) is 77.0 Å². The van der Waals surface area contributed by atoms with Gasteiger partial charge in [-0.3, -0.25) is 28.9 Å². The van der Waals surface area contributed by atoms with Crippen LogP contribution in [0.25, 0.3) is 11.1 Å². The molecule has 1 amide bonds. The number of fused-ring (bicyclic) bond motifs is 3. The van der Waals surface area contributed by atoms with Crippen molar-refractivity contribution in [3.05, 3.63) is 82.4 Å². The number of likely N-dealkylation sites (N-methyl/N-ethyl adjacent to an activating group) is 1. The molecule has 0 heterocycles. The Bertz CT molecular complexity index is 1970. The van der Waals surface area contributed by atoms with Gasteiger partial charge in [-0.2, -0.15) is 0 Å². The van der Waals surface area contributed by atoms with Gasteiger partial charge in [0, 0.05) is 24.1 Å². The lowest BCUT2D eigenvalue weighted by atomic mass is 9.42. The molecule has 2 unspecified atom stereocenters. The number of benzene rings is 3. The van der Waals surface area contributed by atoms with E-state index in [1.807, 2.05) is 37.3 Å². The Balaban J connectivity index is 1.44. The van der Waals surface area contributed by atoms with E-state index in [9.17, 15) is 34.2 Å². The number of aryl methyl sites for hydroxylation is 1. The van der Waals surface area contributed by atoms with E-state index in [1.54, 1.807) is 34.2 Å². The number of phenols is 1. The summed E-state index contributed by atoms with van der Waals surface area (Å²) in [6.45, 7) is 6.46. The Hall–Kier alpha value is -4.71. The van der Waals surface area contributed by atoms with Crippen molar-refractivity contribution in [2.45, 2.75) is 58.3 Å². The minimum absolute atomic E-state index is 0.0782. The highest BCUT2D eigenvalue weighted by Crippen LogP contribution is 2.62. The quantitative estimate of drug-likeness (QED) is 0.259. The number of hydrogen-bond donors (Lipinski definition) is 4. The van der Waals surface area contributed by atoms with Crippen LogP contribution >= 0.6 is 0 Å². The van der Waals surface area contributed by atoms with Gasteiger partial charge >= 0.3 is 0 Å². The first-order valence-electron chi connectivity index (χ1n) is 16.6. The van der Waals surface area contributed by atoms with Crippen LogP contribution in [0, 0.1) is 29.6 Å². The fourth-order valence-electron chi connectivity index (χ4n) is 9.22. The molecule has 3 aliphatic carbocycles. The van der Waals surface area contributed by atoms with E-state index in [4.69, 9.17) is 10.5 Å². The Morgan fingerprint density at radius 1 is 0.980 bits per heavy atom. The van der Waals surface area contributed by atoms with E-state index in [1.165, 1.54) is 23.5 Å². The number of carbonyl (C=O) groups is 5. The summed E-state index contributed by atoms with van der Waals surface area (Å²) in [6.07, 6.45) is -0.000300. The summed E-state index contributed by atoms with van der Waals surface area (Å²) < 4.78 is 5.76. The topological polar surface area (TPSA) is 176 Å². The van der Waals surface area contributed by atoms with E-state index >= 15 is 0 Å². The van der Waals surface area contributed by atoms with Crippen LogP contribution in [0.15, 0.2) is 54.6 Å². The number of nitrogens with two attached hydrogens (primary N) is 1. The molecule has 6 atom stereocenters. The van der Waals surface area contributed by atoms with Gasteiger partial charge in [0.1, 0.15) is 11.5 Å². The second kappa shape index (κ2) is 12.3. The highest BCUT2D eigenvalue weighted by molar-refractivity contribution is 6.33. The Kier molecular flexibility index (Phi) is 8.61. The van der Waals surface area contributed by atoms with Gasteiger partial charge < -0.3 is 26.0 Å². The molecule has 3 aliphatic rings. The molecule has 11 heteroatoms. The summed E-state index contributed by atoms with van der Waals surface area (Å²) in [5.74, 6) is -8.61. The van der Waals surface area contributed by atoms with Gasteiger partial charge in [-0.05, 0) is 79.7 Å². The maximum Gasteiger partial charge on any atom is 0.235 e. The van der Waals surface area contributed by atoms with E-state index < -0.39 is 63.3 Å². The van der Waals surface area contributed by atoms with Crippen LogP contribution < -0.4 is 15.8 Å². The van der Waals surface area contributed by atoms with Gasteiger partial charge in [0.15, 0.2) is 34.7 Å². The molecule has 0 aliphatic heterocycles. The van der Waals surface area contributed by atoms with Crippen molar-refractivity contribution < 1.29 is 38.9 Å². The van der Waals surface area contributed by atoms with Crippen LogP contribution in [0.5, 0.6) is 11.5 Å². The van der Waals surface area contributed by atoms with Gasteiger partial charge in [-0.1, -0.05) is 55.8 Å². The predicted molar refractivity (Wildman–Crippen MR) is 184 cm³/mol. The maximum atomic E-state index is 14.6. The Labute approximate surface area is 290 Å². The molecule has 0 aromatic heterocycles. The molecule has 262 valence electrons. The lowest BCUT2D eigenvalue weighted by Gasteiger charge is -2.61. The minimum Gasteiger partial charge on any atom is -0.507 e. The molecular weight excluding hydrogens is 638 g/mol. The summed E-state index contributed by atoms with van der Waals surface area (Å²) in [5.41, 5.74) is 4.69. The molecule has 0 saturated heterocycles. The summed E-state index contributed by atoms with van der Waals surface area (Å²) in [6, 6.07) is 15.8. The second-order valence-electron chi connectivity index (χ2n) is 14.9. The summed E-state index contributed by atoms with van der Waals surface area (Å²) in [7, 11) is 4.67. The van der Waals surface area contributed by atoms with E-state index in [0.717, 1.165) is 11.1 Å². The summed E-state index contributed by atoms with van der Waals surface area (Å²) in [5, 5.41) is 26.8. The number of methoxy groups -OCH3 is 1. The van der Waals surface area contributed by atoms with Gasteiger partial charge in [-0.15, -0.1) is 0 Å². The van der Waals surface area contributed by atoms with Crippen LogP contribution in [0.4, 0.5) is 0 Å². The van der Waals surface area contributed by atoms with Crippen molar-refractivity contribution in [1.29, 1.82) is 0 Å². The van der Waals surface area contributed by atoms with Gasteiger partial charge in [-0.25, -0.2) is 0 Å². The Morgan fingerprint density at radius 3 is 2.28 bits per heavy atom. The third kappa shape index (κ3) is 5.09. The van der Waals surface area contributed by atoms with Crippen molar-refractivity contribution in [3.8, 4) is 22.6 Å². The number of aromatic hydroxyl groups is 1. The second-order valence-corrected chi connectivity index (χ2v) is 14.9. The van der Waals surface area contributed by atoms with Crippen molar-refractivity contribution >= 4 is 29.0 Å². The summed E-state index contributed by atoms with van der Waals surface area (Å²) >= 11 is 0. The number of primary amides is 1. The van der Waals surface area contributed by atoms with Crippen molar-refractivity contribution in [3.63, 3.8) is 0 Å². The average molecular weight is 682 g/mol. The molecule has 50 heavy (non-hydrogen) atoms. The standard InChI is InChI=1S/C39H43N3O8/c1-20-8-7-9-21(14-20)17-41-18-22-10-13-27(50-6)24(15-22)23-11-12-26(43)28-25(23)16-37(2)19-38(3)33(42(4)5)32(45)29(36(40)48)34(46)39(38,49)35(47)30(37)31(28)44/h7-15,29-30,33,41,43,49H,16-19H2,1-6H3,(H2,40,48)/t29?,30?,33-,37+,38+,39-/m1/s1. The zero-order valence-electron chi connectivity index (χ0n) is 29.1. The first-order chi connectivity index (χ1) is 23.5. The molecule has 2 saturated carbocycles. The molecule has 3 aromatic rings. The number of hydrogen-bond acceptors (Lipinski definition) is 10. The molecule has 3 aromatic carbocycles. The number of aliphatic hydroxyl groups is 1. The number of ketones is 4. The molecule has 0 spiro atoms. The number of nitrogens with zero attached hydrogens (tertiary/aromatic N) is 1. The van der Waals surface area contributed by atoms with Crippen molar-refractivity contribution in [2.24, 2.45) is 28.4 Å². The maximum absolute atomic E-state index is 14.6. The third-order valence-corrected chi connectivity index (χ3v) is 11.2. The van der Waals surface area contributed by atoms with E-state index in [-0.39, 0.29) is 24.2 Å². The smallest absolute Gasteiger partial charge is 0.235 e. The molecule has 11 nitrogen and oxygen atoms in total. The highest BCUT2D eigenvalue weighted by atomic mass is 16.5. The van der Waals surface area contributed by atoms with Gasteiger partial charge in [0.25, 0.3) is 0 Å². The average Bonchev–Trinajstić information content (AvgIpc) is 3.02. The molecule has 0 radical (unpaired) electrons. The molecule has 6 rings (SSSR count). The molecule has 0 bridgehead atoms. The fraction of sp³-hybridized carbons (Fsp3) is 0.410. The number of carbonyl (C=O) groups excluding carboxylic acids is 5. The van der Waals surface area contributed by atoms with Crippen LogP contribution in [0.2, 0.25) is 0 Å². The van der Waals surface area contributed by atoms with Crippen molar-refractivity contribution in [1.82, 2.24) is 10.2 Å². The van der Waals surface area contributed by atoms with Crippen LogP contribution in [0.3, 0.4) is 0 Å². The van der Waals surface area contributed by atoms with Crippen LogP contribution in [0.1, 0.15) is 52.9 Å². The molecule has 5 N–H and O–H groups in total. The number of ether oxygens (including phenoxy) is 1. The third-order valence-electron chi connectivity index (χ3n) is 11.2. The number of Topliss-reactive ketones (excluding diaryl/α,β-unsaturated/α-hetero) is 4. The predicted octanol–water partition coefficient (Wildman–Crippen LogP) is 2.92. The minimum atomic E-state index is -2.86. The molecule has 2 fully saturated rings. The Morgan fingerprint density at radius 2 is 1.66 bits per heavy atom. The number of phenolic OH excluding ortho intramolecular Hbond substituents is 1. The zero-order valence-corrected chi connectivity index (χ0v) is 29.1. The molecular formula is C39H43N3O8. The lowest BCUT2D eigenvalue weighted by molar-refractivity contribution is -0.203. The number of rotatable bonds is 8. The SMILES string of the molecule is COc1ccc(CNCc2cccc(C)c2)cc1-c1ccc(O)c2c1C[C@@]1(C)C[C@@]3(C)[C@H](N(C)C)C(=O)C(C(N)=O)C(=O)[C@@]3(O)C(=O)C1C2=O. The van der Waals surface area contributed by atoms with Crippen LogP contribution in [-0.2, 0) is 38.7 Å². The first-order valence-corrected chi connectivity index (χ1v) is 16.6. The van der Waals surface area contributed by atoms with Gasteiger partial charge in [0.05, 0.1) is 24.6 Å². The number of amides is 1. The number of nitrogens with one attached hydrogen (secondary N) is 1. The van der Waals surface area contributed by atoms with E-state index in [0.29, 0.717) is 35.5 Å². The van der Waals surface area contributed by atoms with Gasteiger partial charge in [0.2, 0.25) is 5.91 Å². The zero-order chi connectivity index (χ0) is 36.5. The first kappa shape index (κ1) is 35.1. The fourth-order valence-corrected chi connectivity index (χ4v) is 9.22. The lowest BCUT2D eigenvalue weighted by Crippen LogP contribution is -2.79. The van der Waals surface area contributed by atoms with Crippen molar-refractivity contribution in [2.75, 3.05) is 21.2 Å². The largest absolute Gasteiger partial charge is 0.507 e. The van der Waals surface area contributed by atoms with E-state index in [2.05, 4.69) is 17.4 Å². The highest BCUT2D eigenvalue weighted by Gasteiger charge is 2.76. The summed E-state index contributed by atoms with van der Waals surface area (Å²) in [4.78, 5) is 70.5. The monoisotopic (exact) mass is 681 g/mol.